The van der Waals surface area contributed by atoms with Crippen LogP contribution in [-0.4, -0.2) is 6.36 Å². The smallest absolute Gasteiger partial charge is 0.406 e. The molecule has 17 heavy (non-hydrogen) atoms. The molecule has 0 unspecified atom stereocenters. The molecule has 1 nitrogen and oxygen atoms in total. The molecule has 1 aliphatic rings. The topological polar surface area (TPSA) is 9.23 Å². The van der Waals surface area contributed by atoms with Gasteiger partial charge in [0.15, 0.2) is 0 Å². The molecular formula is C13H17F3O. The van der Waals surface area contributed by atoms with Gasteiger partial charge in [0.2, 0.25) is 0 Å². The third-order valence-corrected chi connectivity index (χ3v) is 1.90. The number of alkyl halides is 3. The Kier molecular flexibility index (Phi) is 6.39. The van der Waals surface area contributed by atoms with Crippen molar-refractivity contribution in [2.75, 3.05) is 0 Å². The van der Waals surface area contributed by atoms with Gasteiger partial charge in [-0.25, -0.2) is 0 Å². The number of hydrogen-bond acceptors (Lipinski definition) is 1. The van der Waals surface area contributed by atoms with Gasteiger partial charge in [0.25, 0.3) is 0 Å². The summed E-state index contributed by atoms with van der Waals surface area (Å²) in [6.07, 6.45) is 2.19. The van der Waals surface area contributed by atoms with Crippen LogP contribution in [0.2, 0.25) is 0 Å². The lowest BCUT2D eigenvalue weighted by atomic mass is 10.1. The zero-order valence-corrected chi connectivity index (χ0v) is 10.3. The molecule has 4 heteroatoms. The van der Waals surface area contributed by atoms with E-state index < -0.39 is 6.36 Å². The predicted octanol–water partition coefficient (Wildman–Crippen LogP) is 4.90. The third kappa shape index (κ3) is 6.00. The number of rotatable bonds is 2. The minimum Gasteiger partial charge on any atom is -0.406 e. The van der Waals surface area contributed by atoms with Crippen LogP contribution in [0, 0.1) is 0 Å². The van der Waals surface area contributed by atoms with E-state index >= 15 is 0 Å². The minimum absolute atomic E-state index is 0.206. The van der Waals surface area contributed by atoms with E-state index in [9.17, 15) is 13.2 Å². The molecule has 0 N–H and O–H groups in total. The van der Waals surface area contributed by atoms with Crippen LogP contribution in [0.15, 0.2) is 47.8 Å². The van der Waals surface area contributed by atoms with Gasteiger partial charge < -0.3 is 4.74 Å². The van der Waals surface area contributed by atoms with Gasteiger partial charge in [0.1, 0.15) is 5.76 Å². The SMILES string of the molecule is C=C1C=CC/C1=C/C(=C\C)OC(F)(F)F.CC. The molecule has 0 saturated carbocycles. The lowest BCUT2D eigenvalue weighted by molar-refractivity contribution is -0.303. The fourth-order valence-electron chi connectivity index (χ4n) is 1.19. The summed E-state index contributed by atoms with van der Waals surface area (Å²) in [5.41, 5.74) is 1.47. The molecule has 96 valence electrons. The summed E-state index contributed by atoms with van der Waals surface area (Å²) in [5.74, 6) is -0.206. The van der Waals surface area contributed by atoms with E-state index in [-0.39, 0.29) is 5.76 Å². The molecule has 0 amide bonds. The van der Waals surface area contributed by atoms with Crippen LogP contribution >= 0.6 is 0 Å². The first-order chi connectivity index (χ1) is 7.92. The second-order valence-electron chi connectivity index (χ2n) is 3.04. The van der Waals surface area contributed by atoms with E-state index in [1.54, 1.807) is 6.08 Å². The van der Waals surface area contributed by atoms with Crippen LogP contribution in [-0.2, 0) is 4.74 Å². The average molecular weight is 246 g/mol. The first-order valence-electron chi connectivity index (χ1n) is 5.41. The van der Waals surface area contributed by atoms with Gasteiger partial charge in [0.05, 0.1) is 0 Å². The van der Waals surface area contributed by atoms with Crippen LogP contribution in [0.4, 0.5) is 13.2 Å². The highest BCUT2D eigenvalue weighted by molar-refractivity contribution is 5.46. The molecule has 1 rings (SSSR count). The Morgan fingerprint density at radius 1 is 1.41 bits per heavy atom. The summed E-state index contributed by atoms with van der Waals surface area (Å²) in [4.78, 5) is 0. The molecule has 0 bridgehead atoms. The molecule has 0 aromatic carbocycles. The Morgan fingerprint density at radius 2 is 2.00 bits per heavy atom. The van der Waals surface area contributed by atoms with E-state index in [4.69, 9.17) is 0 Å². The summed E-state index contributed by atoms with van der Waals surface area (Å²) in [5, 5.41) is 0. The van der Waals surface area contributed by atoms with Crippen molar-refractivity contribution in [3.8, 4) is 0 Å². The first kappa shape index (κ1) is 15.6. The van der Waals surface area contributed by atoms with E-state index in [1.165, 1.54) is 19.1 Å². The number of ether oxygens (including phenoxy) is 1. The summed E-state index contributed by atoms with van der Waals surface area (Å²) < 4.78 is 39.6. The Morgan fingerprint density at radius 3 is 2.35 bits per heavy atom. The third-order valence-electron chi connectivity index (χ3n) is 1.90. The molecular weight excluding hydrogens is 229 g/mol. The molecule has 0 fully saturated rings. The largest absolute Gasteiger partial charge is 0.573 e. The molecule has 0 aromatic heterocycles. The molecule has 0 aliphatic heterocycles. The first-order valence-corrected chi connectivity index (χ1v) is 5.41. The van der Waals surface area contributed by atoms with Crippen molar-refractivity contribution in [1.82, 2.24) is 0 Å². The standard InChI is InChI=1S/C11H11F3O.C2H6/c1-3-10(15-11(12,13)14)7-9-6-4-5-8(9)2;1-2/h3-5,7H,2,6H2,1H3;1-2H3/b9-7-,10-3+;. The van der Waals surface area contributed by atoms with Crippen molar-refractivity contribution >= 4 is 0 Å². The highest BCUT2D eigenvalue weighted by Gasteiger charge is 2.31. The van der Waals surface area contributed by atoms with Gasteiger partial charge in [-0.15, -0.1) is 13.2 Å². The van der Waals surface area contributed by atoms with E-state index in [2.05, 4.69) is 11.3 Å². The average Bonchev–Trinajstić information content (AvgIpc) is 2.64. The van der Waals surface area contributed by atoms with Crippen molar-refractivity contribution in [3.05, 3.63) is 47.8 Å². The highest BCUT2D eigenvalue weighted by atomic mass is 19.4. The summed E-state index contributed by atoms with van der Waals surface area (Å²) >= 11 is 0. The zero-order chi connectivity index (χ0) is 13.5. The Labute approximate surface area is 100.0 Å². The van der Waals surface area contributed by atoms with Crippen LogP contribution in [0.25, 0.3) is 0 Å². The van der Waals surface area contributed by atoms with E-state index in [1.807, 2.05) is 19.9 Å². The molecule has 0 heterocycles. The Bertz CT molecular complexity index is 346. The molecule has 0 radical (unpaired) electrons. The number of halogens is 3. The molecule has 0 spiro atoms. The minimum atomic E-state index is -4.65. The van der Waals surface area contributed by atoms with Gasteiger partial charge in [-0.2, -0.15) is 0 Å². The van der Waals surface area contributed by atoms with E-state index in [0.29, 0.717) is 6.42 Å². The normalized spacial score (nSPS) is 18.1. The maximum atomic E-state index is 11.9. The number of hydrogen-bond donors (Lipinski definition) is 0. The molecule has 0 saturated heterocycles. The monoisotopic (exact) mass is 246 g/mol. The Hall–Kier alpha value is -1.45. The van der Waals surface area contributed by atoms with Gasteiger partial charge in [-0.3, -0.25) is 0 Å². The molecule has 0 aromatic rings. The summed E-state index contributed by atoms with van der Waals surface area (Å²) in [6, 6.07) is 0. The van der Waals surface area contributed by atoms with Crippen molar-refractivity contribution in [2.24, 2.45) is 0 Å². The second-order valence-corrected chi connectivity index (χ2v) is 3.04. The van der Waals surface area contributed by atoms with Gasteiger partial charge in [-0.05, 0) is 36.6 Å². The quantitative estimate of drug-likeness (QED) is 0.630. The fraction of sp³-hybridized carbons (Fsp3) is 0.385. The summed E-state index contributed by atoms with van der Waals surface area (Å²) in [6.45, 7) is 9.19. The lowest BCUT2D eigenvalue weighted by Gasteiger charge is -2.10. The fourth-order valence-corrected chi connectivity index (χ4v) is 1.19. The van der Waals surface area contributed by atoms with Crippen molar-refractivity contribution in [2.45, 2.75) is 33.6 Å². The van der Waals surface area contributed by atoms with Crippen molar-refractivity contribution in [3.63, 3.8) is 0 Å². The maximum Gasteiger partial charge on any atom is 0.573 e. The molecule has 0 atom stereocenters. The Balaban J connectivity index is 0.00000121. The second kappa shape index (κ2) is 6.99. The van der Waals surface area contributed by atoms with Crippen LogP contribution in [0.5, 0.6) is 0 Å². The number of allylic oxidation sites excluding steroid dienone is 6. The van der Waals surface area contributed by atoms with Gasteiger partial charge in [-0.1, -0.05) is 32.6 Å². The van der Waals surface area contributed by atoms with Crippen molar-refractivity contribution < 1.29 is 17.9 Å². The molecule has 1 aliphatic carbocycles. The predicted molar refractivity (Wildman–Crippen MR) is 63.2 cm³/mol. The highest BCUT2D eigenvalue weighted by Crippen LogP contribution is 2.26. The van der Waals surface area contributed by atoms with Gasteiger partial charge in [0, 0.05) is 0 Å². The maximum absolute atomic E-state index is 11.9. The van der Waals surface area contributed by atoms with Crippen molar-refractivity contribution in [1.29, 1.82) is 0 Å². The van der Waals surface area contributed by atoms with E-state index in [0.717, 1.165) is 11.1 Å². The van der Waals surface area contributed by atoms with Crippen LogP contribution in [0.3, 0.4) is 0 Å². The van der Waals surface area contributed by atoms with Gasteiger partial charge >= 0.3 is 6.36 Å². The summed E-state index contributed by atoms with van der Waals surface area (Å²) in [7, 11) is 0. The zero-order valence-electron chi connectivity index (χ0n) is 10.3. The van der Waals surface area contributed by atoms with Crippen LogP contribution < -0.4 is 0 Å². The van der Waals surface area contributed by atoms with Crippen LogP contribution in [0.1, 0.15) is 27.2 Å². The lowest BCUT2D eigenvalue weighted by Crippen LogP contribution is -2.12.